The SMILES string of the molecule is O=C(C=Cc1ccc([N+](=O)[O-])cc1)NC1CCN(c2cccc(OC(F)(F)F)c2)C1=O. The highest BCUT2D eigenvalue weighted by Crippen LogP contribution is 2.29. The molecule has 1 N–H and O–H groups in total. The number of rotatable bonds is 6. The van der Waals surface area contributed by atoms with Crippen LogP contribution >= 0.6 is 0 Å². The Bertz CT molecular complexity index is 1020. The summed E-state index contributed by atoms with van der Waals surface area (Å²) < 4.78 is 41.1. The van der Waals surface area contributed by atoms with E-state index in [1.165, 1.54) is 53.5 Å². The summed E-state index contributed by atoms with van der Waals surface area (Å²) in [4.78, 5) is 36.1. The second-order valence-corrected chi connectivity index (χ2v) is 6.57. The van der Waals surface area contributed by atoms with Gasteiger partial charge in [0.1, 0.15) is 11.8 Å². The Morgan fingerprint density at radius 1 is 1.23 bits per heavy atom. The van der Waals surface area contributed by atoms with Crippen LogP contribution in [0.15, 0.2) is 54.6 Å². The molecule has 1 atom stereocenters. The van der Waals surface area contributed by atoms with Crippen molar-refractivity contribution in [2.24, 2.45) is 0 Å². The lowest BCUT2D eigenvalue weighted by Crippen LogP contribution is -2.40. The average Bonchev–Trinajstić information content (AvgIpc) is 3.06. The van der Waals surface area contributed by atoms with Crippen LogP contribution in [0.25, 0.3) is 6.08 Å². The van der Waals surface area contributed by atoms with Gasteiger partial charge in [-0.15, -0.1) is 13.2 Å². The number of non-ortho nitro benzene ring substituents is 1. The Labute approximate surface area is 174 Å². The fourth-order valence-electron chi connectivity index (χ4n) is 3.02. The van der Waals surface area contributed by atoms with Crippen molar-refractivity contribution < 1.29 is 32.4 Å². The molecule has 0 aliphatic carbocycles. The zero-order chi connectivity index (χ0) is 22.6. The Balaban J connectivity index is 1.60. The number of hydrogen-bond acceptors (Lipinski definition) is 5. The Morgan fingerprint density at radius 2 is 1.94 bits per heavy atom. The number of halogens is 3. The number of nitrogens with zero attached hydrogens (tertiary/aromatic N) is 2. The first-order valence-electron chi connectivity index (χ1n) is 9.02. The number of alkyl halides is 3. The number of nitro groups is 1. The largest absolute Gasteiger partial charge is 0.573 e. The van der Waals surface area contributed by atoms with Gasteiger partial charge in [0, 0.05) is 36.5 Å². The minimum Gasteiger partial charge on any atom is -0.406 e. The molecule has 0 aromatic heterocycles. The first-order valence-corrected chi connectivity index (χ1v) is 9.02. The molecule has 1 fully saturated rings. The molecule has 1 heterocycles. The number of nitro benzene ring substituents is 1. The van der Waals surface area contributed by atoms with Gasteiger partial charge in [-0.1, -0.05) is 6.07 Å². The van der Waals surface area contributed by atoms with E-state index in [1.807, 2.05) is 0 Å². The maximum Gasteiger partial charge on any atom is 0.573 e. The van der Waals surface area contributed by atoms with Crippen molar-refractivity contribution in [1.29, 1.82) is 0 Å². The Kier molecular flexibility index (Phi) is 6.23. The summed E-state index contributed by atoms with van der Waals surface area (Å²) in [5.41, 5.74) is 0.703. The fourth-order valence-corrected chi connectivity index (χ4v) is 3.02. The molecule has 3 rings (SSSR count). The van der Waals surface area contributed by atoms with E-state index in [1.54, 1.807) is 0 Å². The predicted molar refractivity (Wildman–Crippen MR) is 104 cm³/mol. The van der Waals surface area contributed by atoms with E-state index in [0.29, 0.717) is 5.56 Å². The quantitative estimate of drug-likeness (QED) is 0.426. The highest BCUT2D eigenvalue weighted by Gasteiger charge is 2.34. The molecule has 2 aromatic carbocycles. The number of nitrogens with one attached hydrogen (secondary N) is 1. The average molecular weight is 435 g/mol. The standard InChI is InChI=1S/C20H16F3N3O5/c21-20(22,23)31-16-3-1-2-15(12-16)25-11-10-17(19(25)28)24-18(27)9-6-13-4-7-14(8-5-13)26(29)30/h1-9,12,17H,10-11H2,(H,24,27). The van der Waals surface area contributed by atoms with Crippen LogP contribution < -0.4 is 15.0 Å². The summed E-state index contributed by atoms with van der Waals surface area (Å²) in [6.07, 6.45) is -1.94. The second-order valence-electron chi connectivity index (χ2n) is 6.57. The maximum absolute atomic E-state index is 12.6. The van der Waals surface area contributed by atoms with Crippen LogP contribution in [0, 0.1) is 10.1 Å². The van der Waals surface area contributed by atoms with Crippen molar-refractivity contribution in [3.05, 3.63) is 70.3 Å². The maximum atomic E-state index is 12.6. The molecule has 1 aliphatic heterocycles. The van der Waals surface area contributed by atoms with Gasteiger partial charge < -0.3 is 15.0 Å². The van der Waals surface area contributed by atoms with Crippen molar-refractivity contribution in [2.45, 2.75) is 18.8 Å². The highest BCUT2D eigenvalue weighted by molar-refractivity contribution is 6.03. The van der Waals surface area contributed by atoms with Gasteiger partial charge >= 0.3 is 6.36 Å². The molecule has 1 saturated heterocycles. The van der Waals surface area contributed by atoms with Crippen molar-refractivity contribution >= 4 is 29.3 Å². The molecule has 2 amide bonds. The number of carbonyl (C=O) groups excluding carboxylic acids is 2. The lowest BCUT2D eigenvalue weighted by atomic mass is 10.2. The first kappa shape index (κ1) is 21.8. The third-order valence-corrected chi connectivity index (χ3v) is 4.42. The van der Waals surface area contributed by atoms with Crippen LogP contribution in [0.2, 0.25) is 0 Å². The fraction of sp³-hybridized carbons (Fsp3) is 0.200. The van der Waals surface area contributed by atoms with Crippen LogP contribution in [-0.4, -0.2) is 35.7 Å². The van der Waals surface area contributed by atoms with Crippen LogP contribution in [-0.2, 0) is 9.59 Å². The van der Waals surface area contributed by atoms with Gasteiger partial charge in [0.25, 0.3) is 5.69 Å². The van der Waals surface area contributed by atoms with E-state index in [2.05, 4.69) is 10.1 Å². The van der Waals surface area contributed by atoms with Crippen molar-refractivity contribution in [2.75, 3.05) is 11.4 Å². The van der Waals surface area contributed by atoms with Crippen molar-refractivity contribution in [3.63, 3.8) is 0 Å². The van der Waals surface area contributed by atoms with E-state index < -0.39 is 34.9 Å². The monoisotopic (exact) mass is 435 g/mol. The molecule has 0 spiro atoms. The minimum absolute atomic E-state index is 0.0806. The summed E-state index contributed by atoms with van der Waals surface area (Å²) >= 11 is 0. The van der Waals surface area contributed by atoms with E-state index in [-0.39, 0.29) is 24.3 Å². The van der Waals surface area contributed by atoms with Gasteiger partial charge in [-0.25, -0.2) is 0 Å². The smallest absolute Gasteiger partial charge is 0.406 e. The minimum atomic E-state index is -4.85. The van der Waals surface area contributed by atoms with Gasteiger partial charge in [-0.05, 0) is 42.3 Å². The van der Waals surface area contributed by atoms with E-state index in [9.17, 15) is 32.9 Å². The van der Waals surface area contributed by atoms with Crippen LogP contribution in [0.1, 0.15) is 12.0 Å². The van der Waals surface area contributed by atoms with Crippen LogP contribution in [0.4, 0.5) is 24.5 Å². The lowest BCUT2D eigenvalue weighted by molar-refractivity contribution is -0.384. The number of ether oxygens (including phenoxy) is 1. The van der Waals surface area contributed by atoms with Crippen molar-refractivity contribution in [1.82, 2.24) is 5.32 Å². The zero-order valence-corrected chi connectivity index (χ0v) is 15.8. The Morgan fingerprint density at radius 3 is 2.58 bits per heavy atom. The van der Waals surface area contributed by atoms with Crippen LogP contribution in [0.5, 0.6) is 5.75 Å². The molecule has 8 nitrogen and oxygen atoms in total. The number of anilines is 1. The summed E-state index contributed by atoms with van der Waals surface area (Å²) in [6, 6.07) is 9.74. The third kappa shape index (κ3) is 5.81. The number of amides is 2. The molecule has 0 saturated carbocycles. The molecule has 0 bridgehead atoms. The first-order chi connectivity index (χ1) is 14.6. The van der Waals surface area contributed by atoms with E-state index in [4.69, 9.17) is 0 Å². The number of carbonyl (C=O) groups is 2. The Hall–Kier alpha value is -3.89. The van der Waals surface area contributed by atoms with E-state index in [0.717, 1.165) is 12.1 Å². The van der Waals surface area contributed by atoms with E-state index >= 15 is 0 Å². The van der Waals surface area contributed by atoms with Crippen molar-refractivity contribution in [3.8, 4) is 5.75 Å². The van der Waals surface area contributed by atoms with Gasteiger partial charge in [0.05, 0.1) is 4.92 Å². The molecule has 1 aliphatic rings. The van der Waals surface area contributed by atoms with Gasteiger partial charge in [0.15, 0.2) is 0 Å². The number of benzene rings is 2. The van der Waals surface area contributed by atoms with Gasteiger partial charge in [0.2, 0.25) is 11.8 Å². The zero-order valence-electron chi connectivity index (χ0n) is 15.8. The number of hydrogen-bond donors (Lipinski definition) is 1. The molecule has 0 radical (unpaired) electrons. The van der Waals surface area contributed by atoms with Gasteiger partial charge in [-0.3, -0.25) is 19.7 Å². The molecule has 11 heteroatoms. The highest BCUT2D eigenvalue weighted by atomic mass is 19.4. The lowest BCUT2D eigenvalue weighted by Gasteiger charge is -2.18. The summed E-state index contributed by atoms with van der Waals surface area (Å²) in [5.74, 6) is -1.45. The topological polar surface area (TPSA) is 102 Å². The molecular weight excluding hydrogens is 419 g/mol. The van der Waals surface area contributed by atoms with Crippen LogP contribution in [0.3, 0.4) is 0 Å². The molecular formula is C20H16F3N3O5. The molecule has 1 unspecified atom stereocenters. The second kappa shape index (κ2) is 8.86. The normalized spacial score (nSPS) is 16.5. The molecule has 2 aromatic rings. The molecule has 31 heavy (non-hydrogen) atoms. The molecule has 162 valence electrons. The predicted octanol–water partition coefficient (Wildman–Crippen LogP) is 3.43. The summed E-state index contributed by atoms with van der Waals surface area (Å²) in [6.45, 7) is 0.214. The third-order valence-electron chi connectivity index (χ3n) is 4.42. The van der Waals surface area contributed by atoms with Gasteiger partial charge in [-0.2, -0.15) is 0 Å². The summed E-state index contributed by atoms with van der Waals surface area (Å²) in [5, 5.41) is 13.2. The summed E-state index contributed by atoms with van der Waals surface area (Å²) in [7, 11) is 0.